The van der Waals surface area contributed by atoms with Gasteiger partial charge in [0.15, 0.2) is 5.76 Å². The average molecular weight is 424 g/mol. The molecule has 0 aliphatic heterocycles. The second-order valence-corrected chi connectivity index (χ2v) is 9.15. The Morgan fingerprint density at radius 1 is 1.18 bits per heavy atom. The lowest BCUT2D eigenvalue weighted by Crippen LogP contribution is -2.31. The van der Waals surface area contributed by atoms with Crippen LogP contribution in [0.25, 0.3) is 0 Å². The number of amides is 2. The fourth-order valence-electron chi connectivity index (χ4n) is 3.93. The summed E-state index contributed by atoms with van der Waals surface area (Å²) >= 11 is 6.59. The van der Waals surface area contributed by atoms with Crippen LogP contribution in [-0.4, -0.2) is 20.3 Å². The van der Waals surface area contributed by atoms with E-state index in [1.54, 1.807) is 0 Å². The molecule has 1 heterocycles. The van der Waals surface area contributed by atoms with Crippen LogP contribution in [0.2, 0.25) is 5.02 Å². The third kappa shape index (κ3) is 3.44. The number of nitrogens with one attached hydrogen (secondary N) is 2. The first kappa shape index (κ1) is 19.4. The van der Waals surface area contributed by atoms with Crippen LogP contribution in [0, 0.1) is 0 Å². The molecular weight excluding hydrogens is 402 g/mol. The Morgan fingerprint density at radius 3 is 2.29 bits per heavy atom. The number of hydrogen-bond donors (Lipinski definition) is 3. The van der Waals surface area contributed by atoms with Crippen molar-refractivity contribution in [1.29, 1.82) is 0 Å². The van der Waals surface area contributed by atoms with Gasteiger partial charge < -0.3 is 14.8 Å². The number of aliphatic hydroxyl groups is 1. The largest absolute Gasteiger partial charge is 0.430 e. The highest BCUT2D eigenvalue weighted by Gasteiger charge is 2.29. The van der Waals surface area contributed by atoms with E-state index in [0.29, 0.717) is 0 Å². The van der Waals surface area contributed by atoms with Gasteiger partial charge in [0.05, 0.1) is 6.20 Å². The van der Waals surface area contributed by atoms with Gasteiger partial charge in [0.1, 0.15) is 5.60 Å². The molecule has 150 valence electrons. The molecule has 0 radical (unpaired) electrons. The van der Waals surface area contributed by atoms with Crippen LogP contribution in [0.5, 0.6) is 0 Å². The van der Waals surface area contributed by atoms with E-state index in [2.05, 4.69) is 15.0 Å². The summed E-state index contributed by atoms with van der Waals surface area (Å²) < 4.78 is 20.0. The third-order valence-electron chi connectivity index (χ3n) is 5.24. The van der Waals surface area contributed by atoms with E-state index >= 15 is 0 Å². The van der Waals surface area contributed by atoms with E-state index in [1.807, 2.05) is 0 Å². The quantitative estimate of drug-likeness (QED) is 0.699. The summed E-state index contributed by atoms with van der Waals surface area (Å²) in [5.41, 5.74) is 3.99. The molecule has 0 fully saturated rings. The number of rotatable bonds is 4. The molecule has 4 rings (SSSR count). The molecule has 3 N–H and O–H groups in total. The summed E-state index contributed by atoms with van der Waals surface area (Å²) in [7, 11) is -1.98. The van der Waals surface area contributed by atoms with Gasteiger partial charge >= 0.3 is 11.3 Å². The lowest BCUT2D eigenvalue weighted by Gasteiger charge is -2.17. The lowest BCUT2D eigenvalue weighted by molar-refractivity contribution is 0.0501. The molecule has 0 bridgehead atoms. The number of carbonyl (C=O) groups excluding carboxylic acids is 1. The number of anilines is 1. The molecule has 7 nitrogen and oxygen atoms in total. The van der Waals surface area contributed by atoms with Crippen LogP contribution in [-0.2, 0) is 42.3 Å². The van der Waals surface area contributed by atoms with Crippen molar-refractivity contribution in [1.82, 2.24) is 9.71 Å². The zero-order valence-corrected chi connectivity index (χ0v) is 17.3. The number of urea groups is 1. The third-order valence-corrected chi connectivity index (χ3v) is 6.57. The van der Waals surface area contributed by atoms with Crippen LogP contribution < -0.4 is 10.0 Å². The van der Waals surface area contributed by atoms with Gasteiger partial charge in [-0.25, -0.2) is 18.7 Å². The molecule has 2 aromatic rings. The van der Waals surface area contributed by atoms with Crippen molar-refractivity contribution >= 4 is 34.3 Å². The van der Waals surface area contributed by atoms with Gasteiger partial charge in [-0.05, 0) is 74.6 Å². The molecule has 9 heteroatoms. The number of aromatic nitrogens is 1. The zero-order valence-electron chi connectivity index (χ0n) is 15.7. The van der Waals surface area contributed by atoms with Gasteiger partial charge in [0, 0.05) is 10.7 Å². The standard InChI is InChI=1S/C19H22ClN3O4S/c1-19(2,25)14-9-21-18(27-14)28(26)23-17(24)22-16-12-7-3-5-10(12)15(20)11-6-4-8-13(11)16/h9,25H,3-8H2,1-2H3,(H2,22,23,24). The van der Waals surface area contributed by atoms with Crippen molar-refractivity contribution in [2.75, 3.05) is 5.32 Å². The van der Waals surface area contributed by atoms with E-state index in [-0.39, 0.29) is 11.0 Å². The number of oxazole rings is 1. The molecule has 2 amide bonds. The molecule has 2 aliphatic rings. The van der Waals surface area contributed by atoms with E-state index in [1.165, 1.54) is 20.0 Å². The average Bonchev–Trinajstić information content (AvgIpc) is 3.38. The zero-order chi connectivity index (χ0) is 20.1. The smallest absolute Gasteiger partial charge is 0.331 e. The SMILES string of the molecule is CC(C)(O)c1cnc(S(=O)NC(=O)Nc2c3c(c(Cl)c4c2CCC4)CCC3)o1. The topological polar surface area (TPSA) is 104 Å². The highest BCUT2D eigenvalue weighted by Crippen LogP contribution is 2.43. The Balaban J connectivity index is 1.54. The predicted octanol–water partition coefficient (Wildman–Crippen LogP) is 3.38. The van der Waals surface area contributed by atoms with Gasteiger partial charge in [-0.1, -0.05) is 11.6 Å². The van der Waals surface area contributed by atoms with Gasteiger partial charge in [-0.3, -0.25) is 0 Å². The number of hydrogen-bond acceptors (Lipinski definition) is 5. The van der Waals surface area contributed by atoms with Crippen LogP contribution in [0.4, 0.5) is 10.5 Å². The van der Waals surface area contributed by atoms with Gasteiger partial charge in [0.25, 0.3) is 0 Å². The van der Waals surface area contributed by atoms with Crippen molar-refractivity contribution < 1.29 is 18.5 Å². The second-order valence-electron chi connectivity index (χ2n) is 7.68. The number of benzene rings is 1. The Bertz CT molecular complexity index is 945. The minimum Gasteiger partial charge on any atom is -0.430 e. The van der Waals surface area contributed by atoms with Gasteiger partial charge in [0.2, 0.25) is 11.0 Å². The number of carbonyl (C=O) groups is 1. The lowest BCUT2D eigenvalue weighted by atomic mass is 9.98. The van der Waals surface area contributed by atoms with E-state index in [4.69, 9.17) is 16.0 Å². The van der Waals surface area contributed by atoms with E-state index < -0.39 is 22.6 Å². The Labute approximate surface area is 170 Å². The van der Waals surface area contributed by atoms with Crippen LogP contribution in [0.1, 0.15) is 54.7 Å². The normalized spacial score (nSPS) is 16.6. The molecule has 0 spiro atoms. The first-order valence-corrected chi connectivity index (χ1v) is 10.8. The Morgan fingerprint density at radius 2 is 1.75 bits per heavy atom. The molecular formula is C19H22ClN3O4S. The van der Waals surface area contributed by atoms with E-state index in [9.17, 15) is 14.1 Å². The predicted molar refractivity (Wildman–Crippen MR) is 106 cm³/mol. The summed E-state index contributed by atoms with van der Waals surface area (Å²) in [5, 5.41) is 13.5. The van der Waals surface area contributed by atoms with Crippen molar-refractivity contribution in [2.24, 2.45) is 0 Å². The maximum atomic E-state index is 12.5. The fraction of sp³-hybridized carbons (Fsp3) is 0.474. The van der Waals surface area contributed by atoms with Crippen LogP contribution in [0.3, 0.4) is 0 Å². The van der Waals surface area contributed by atoms with Crippen molar-refractivity contribution in [3.8, 4) is 0 Å². The van der Waals surface area contributed by atoms with Crippen molar-refractivity contribution in [2.45, 2.75) is 63.2 Å². The summed E-state index contributed by atoms with van der Waals surface area (Å²) in [6, 6.07) is -0.591. The van der Waals surface area contributed by atoms with Crippen molar-refractivity contribution in [3.05, 3.63) is 39.2 Å². The maximum absolute atomic E-state index is 12.5. The molecule has 0 saturated heterocycles. The monoisotopic (exact) mass is 423 g/mol. The Hall–Kier alpha value is -1.90. The second kappa shape index (κ2) is 7.17. The molecule has 1 unspecified atom stereocenters. The minimum absolute atomic E-state index is 0.168. The number of fused-ring (bicyclic) bond motifs is 2. The summed E-state index contributed by atoms with van der Waals surface area (Å²) in [6.45, 7) is 3.06. The first-order valence-electron chi connectivity index (χ1n) is 9.28. The van der Waals surface area contributed by atoms with E-state index in [0.717, 1.165) is 71.5 Å². The minimum atomic E-state index is -1.98. The molecule has 2 aliphatic carbocycles. The molecule has 28 heavy (non-hydrogen) atoms. The number of halogens is 1. The highest BCUT2D eigenvalue weighted by atomic mass is 35.5. The molecule has 1 aromatic carbocycles. The molecule has 0 saturated carbocycles. The maximum Gasteiger partial charge on any atom is 0.331 e. The Kier molecular flexibility index (Phi) is 4.97. The van der Waals surface area contributed by atoms with Crippen LogP contribution in [0.15, 0.2) is 15.8 Å². The van der Waals surface area contributed by atoms with Crippen molar-refractivity contribution in [3.63, 3.8) is 0 Å². The summed E-state index contributed by atoms with van der Waals surface area (Å²) in [6.07, 6.45) is 6.89. The fourth-order valence-corrected chi connectivity index (χ4v) is 4.97. The summed E-state index contributed by atoms with van der Waals surface area (Å²) in [5.74, 6) is 0.173. The highest BCUT2D eigenvalue weighted by molar-refractivity contribution is 7.83. The van der Waals surface area contributed by atoms with Gasteiger partial charge in [-0.2, -0.15) is 0 Å². The molecule has 1 aromatic heterocycles. The molecule has 1 atom stereocenters. The van der Waals surface area contributed by atoms with Gasteiger partial charge in [-0.15, -0.1) is 0 Å². The summed E-state index contributed by atoms with van der Waals surface area (Å²) in [4.78, 5) is 16.4. The first-order chi connectivity index (χ1) is 13.3. The van der Waals surface area contributed by atoms with Crippen LogP contribution >= 0.6 is 11.6 Å². The number of nitrogens with zero attached hydrogens (tertiary/aromatic N) is 1.